The fourth-order valence-electron chi connectivity index (χ4n) is 2.98. The molecular weight excluding hydrogens is 462 g/mol. The number of aryl methyl sites for hydroxylation is 1. The number of aromatic nitrogens is 2. The predicted octanol–water partition coefficient (Wildman–Crippen LogP) is -1.03. The number of hydrogen-bond donors (Lipinski definition) is 7. The molecule has 2 aromatic rings. The summed E-state index contributed by atoms with van der Waals surface area (Å²) in [6.45, 7) is -0.281. The van der Waals surface area contributed by atoms with Crippen LogP contribution in [0.5, 0.6) is 5.88 Å². The third-order valence-corrected chi connectivity index (χ3v) is 4.78. The van der Waals surface area contributed by atoms with Gasteiger partial charge in [-0.2, -0.15) is 0 Å². The van der Waals surface area contributed by atoms with Crippen molar-refractivity contribution >= 4 is 23.9 Å². The highest BCUT2D eigenvalue weighted by Gasteiger charge is 2.22. The minimum atomic E-state index is -1.43. The van der Waals surface area contributed by atoms with E-state index >= 15 is 0 Å². The maximum Gasteiger partial charge on any atom is 0.408 e. The Labute approximate surface area is 200 Å². The number of aliphatic imine (C=N–C) groups is 1. The Hall–Kier alpha value is -4.49. The molecule has 1 aromatic carbocycles. The monoisotopic (exact) mass is 491 g/mol. The van der Waals surface area contributed by atoms with Gasteiger partial charge in [-0.05, 0) is 18.4 Å². The molecule has 0 aliphatic heterocycles. The zero-order valence-corrected chi connectivity index (χ0v) is 18.9. The number of carboxylic acid groups (broad SMARTS) is 1. The van der Waals surface area contributed by atoms with E-state index in [4.69, 9.17) is 16.2 Å². The Kier molecular flexibility index (Phi) is 10.1. The minimum absolute atomic E-state index is 0.0451. The SMILES string of the molecule is NC(N)=NCCCc1[nH]c(=O)n(CCC(=O)NC[C@H](NC(=O)OCc2ccccc2)C(=O)O)c1O. The van der Waals surface area contributed by atoms with E-state index in [1.54, 1.807) is 30.3 Å². The molecule has 35 heavy (non-hydrogen) atoms. The first kappa shape index (κ1) is 26.8. The number of aromatic amines is 1. The summed E-state index contributed by atoms with van der Waals surface area (Å²) < 4.78 is 5.97. The molecule has 0 aliphatic rings. The lowest BCUT2D eigenvalue weighted by Gasteiger charge is -2.15. The van der Waals surface area contributed by atoms with Crippen molar-refractivity contribution in [2.45, 2.75) is 38.5 Å². The van der Waals surface area contributed by atoms with Gasteiger partial charge in [-0.25, -0.2) is 14.4 Å². The highest BCUT2D eigenvalue weighted by atomic mass is 16.5. The lowest BCUT2D eigenvalue weighted by molar-refractivity contribution is -0.139. The van der Waals surface area contributed by atoms with Crippen molar-refractivity contribution in [3.8, 4) is 5.88 Å². The van der Waals surface area contributed by atoms with E-state index in [0.29, 0.717) is 19.4 Å². The van der Waals surface area contributed by atoms with Crippen molar-refractivity contribution in [3.05, 3.63) is 52.1 Å². The minimum Gasteiger partial charge on any atom is -0.493 e. The van der Waals surface area contributed by atoms with Crippen LogP contribution in [-0.2, 0) is 33.9 Å². The van der Waals surface area contributed by atoms with E-state index < -0.39 is 36.2 Å². The number of carbonyl (C=O) groups is 3. The molecule has 1 aromatic heterocycles. The van der Waals surface area contributed by atoms with Crippen LogP contribution >= 0.6 is 0 Å². The summed E-state index contributed by atoms with van der Waals surface area (Å²) >= 11 is 0. The third kappa shape index (κ3) is 9.11. The zero-order chi connectivity index (χ0) is 25.8. The summed E-state index contributed by atoms with van der Waals surface area (Å²) in [5.74, 6) is -2.32. The molecule has 0 spiro atoms. The van der Waals surface area contributed by atoms with Crippen LogP contribution in [0.3, 0.4) is 0 Å². The number of hydrogen-bond acceptors (Lipinski definition) is 7. The summed E-state index contributed by atoms with van der Waals surface area (Å²) in [6, 6.07) is 7.39. The first-order valence-corrected chi connectivity index (χ1v) is 10.7. The number of amides is 2. The van der Waals surface area contributed by atoms with Gasteiger partial charge in [0.05, 0.1) is 5.69 Å². The van der Waals surface area contributed by atoms with Gasteiger partial charge in [0.15, 0.2) is 5.96 Å². The molecule has 0 fully saturated rings. The molecule has 0 saturated heterocycles. The van der Waals surface area contributed by atoms with E-state index in [1.807, 2.05) is 0 Å². The summed E-state index contributed by atoms with van der Waals surface area (Å²) in [6.07, 6.45) is -0.386. The molecule has 190 valence electrons. The number of aromatic hydroxyl groups is 1. The lowest BCUT2D eigenvalue weighted by Crippen LogP contribution is -2.48. The largest absolute Gasteiger partial charge is 0.493 e. The van der Waals surface area contributed by atoms with E-state index in [0.717, 1.165) is 10.1 Å². The highest BCUT2D eigenvalue weighted by Crippen LogP contribution is 2.14. The van der Waals surface area contributed by atoms with Crippen LogP contribution in [0.1, 0.15) is 24.1 Å². The van der Waals surface area contributed by atoms with Crippen molar-refractivity contribution in [2.24, 2.45) is 16.5 Å². The number of rotatable bonds is 13. The number of carboxylic acids is 1. The Morgan fingerprint density at radius 3 is 2.57 bits per heavy atom. The number of imidazole rings is 1. The van der Waals surface area contributed by atoms with E-state index in [1.165, 1.54) is 0 Å². The molecule has 9 N–H and O–H groups in total. The maximum atomic E-state index is 12.2. The smallest absolute Gasteiger partial charge is 0.408 e. The van der Waals surface area contributed by atoms with Crippen LogP contribution in [0, 0.1) is 0 Å². The molecule has 2 amide bonds. The number of alkyl carbamates (subject to hydrolysis) is 1. The molecule has 14 nitrogen and oxygen atoms in total. The van der Waals surface area contributed by atoms with Gasteiger partial charge in [0.1, 0.15) is 12.6 Å². The number of carbonyl (C=O) groups excluding carboxylic acids is 2. The Morgan fingerprint density at radius 2 is 1.91 bits per heavy atom. The van der Waals surface area contributed by atoms with Crippen molar-refractivity contribution < 1.29 is 29.3 Å². The summed E-state index contributed by atoms with van der Waals surface area (Å²) in [5, 5.41) is 24.1. The van der Waals surface area contributed by atoms with Crippen molar-refractivity contribution in [3.63, 3.8) is 0 Å². The molecule has 1 heterocycles. The number of benzene rings is 1. The number of H-pyrrole nitrogens is 1. The molecule has 0 aliphatic carbocycles. The molecule has 0 saturated carbocycles. The molecule has 0 unspecified atom stereocenters. The van der Waals surface area contributed by atoms with Crippen LogP contribution < -0.4 is 27.8 Å². The average Bonchev–Trinajstić information content (AvgIpc) is 3.09. The van der Waals surface area contributed by atoms with E-state index in [-0.39, 0.29) is 37.1 Å². The highest BCUT2D eigenvalue weighted by molar-refractivity contribution is 5.82. The van der Waals surface area contributed by atoms with E-state index in [9.17, 15) is 29.4 Å². The predicted molar refractivity (Wildman–Crippen MR) is 125 cm³/mol. The summed E-state index contributed by atoms with van der Waals surface area (Å²) in [4.78, 5) is 53.8. The Morgan fingerprint density at radius 1 is 1.20 bits per heavy atom. The second-order valence-corrected chi connectivity index (χ2v) is 7.45. The molecule has 0 bridgehead atoms. The number of nitrogens with zero attached hydrogens (tertiary/aromatic N) is 2. The van der Waals surface area contributed by atoms with Gasteiger partial charge in [0, 0.05) is 26.1 Å². The van der Waals surface area contributed by atoms with Crippen LogP contribution in [-0.4, -0.2) is 62.8 Å². The molecule has 2 rings (SSSR count). The van der Waals surface area contributed by atoms with Gasteiger partial charge in [0.2, 0.25) is 11.8 Å². The van der Waals surface area contributed by atoms with Crippen LogP contribution in [0.2, 0.25) is 0 Å². The molecule has 1 atom stereocenters. The second kappa shape index (κ2) is 13.3. The number of nitrogens with two attached hydrogens (primary N) is 2. The quantitative estimate of drug-likeness (QED) is 0.103. The Bertz CT molecular complexity index is 1090. The van der Waals surface area contributed by atoms with Crippen molar-refractivity contribution in [1.82, 2.24) is 20.2 Å². The molecule has 0 radical (unpaired) electrons. The molecular formula is C21H29N7O7. The van der Waals surface area contributed by atoms with Gasteiger partial charge >= 0.3 is 17.8 Å². The Balaban J connectivity index is 1.80. The second-order valence-electron chi connectivity index (χ2n) is 7.45. The van der Waals surface area contributed by atoms with Gasteiger partial charge in [-0.1, -0.05) is 30.3 Å². The topological polar surface area (TPSA) is 227 Å². The van der Waals surface area contributed by atoms with Gasteiger partial charge in [0.25, 0.3) is 0 Å². The van der Waals surface area contributed by atoms with Crippen LogP contribution in [0.15, 0.2) is 40.1 Å². The van der Waals surface area contributed by atoms with Crippen LogP contribution in [0.25, 0.3) is 0 Å². The fraction of sp³-hybridized carbons (Fsp3) is 0.381. The third-order valence-electron chi connectivity index (χ3n) is 4.78. The number of ether oxygens (including phenoxy) is 1. The van der Waals surface area contributed by atoms with E-state index in [2.05, 4.69) is 20.6 Å². The number of nitrogens with one attached hydrogen (secondary N) is 3. The maximum absolute atomic E-state index is 12.2. The first-order valence-electron chi connectivity index (χ1n) is 10.7. The molecule has 14 heteroatoms. The first-order chi connectivity index (χ1) is 16.7. The number of guanidine groups is 1. The fourth-order valence-corrected chi connectivity index (χ4v) is 2.98. The lowest BCUT2D eigenvalue weighted by atomic mass is 10.2. The van der Waals surface area contributed by atoms with Crippen molar-refractivity contribution in [1.29, 1.82) is 0 Å². The number of aliphatic carboxylic acids is 1. The summed E-state index contributed by atoms with van der Waals surface area (Å²) in [7, 11) is 0. The van der Waals surface area contributed by atoms with Crippen LogP contribution in [0.4, 0.5) is 4.79 Å². The van der Waals surface area contributed by atoms with Gasteiger partial charge < -0.3 is 42.0 Å². The average molecular weight is 492 g/mol. The van der Waals surface area contributed by atoms with Crippen molar-refractivity contribution in [2.75, 3.05) is 13.1 Å². The standard InChI is InChI=1S/C21H29N7O7/c22-19(23)24-9-4-7-14-17(30)28(20(33)26-14)10-8-16(29)25-11-15(18(31)32)27-21(34)35-12-13-5-2-1-3-6-13/h1-3,5-6,15,30H,4,7-12H2,(H,25,29)(H,26,33)(H,27,34)(H,31,32)(H4,22,23,24)/t15-/m0/s1. The summed E-state index contributed by atoms with van der Waals surface area (Å²) in [5.41, 5.74) is 10.9. The van der Waals surface area contributed by atoms with Gasteiger partial charge in [-0.15, -0.1) is 0 Å². The van der Waals surface area contributed by atoms with Gasteiger partial charge in [-0.3, -0.25) is 14.4 Å². The normalized spacial score (nSPS) is 11.3. The zero-order valence-electron chi connectivity index (χ0n) is 18.9.